The second kappa shape index (κ2) is 7.62. The largest absolute Gasteiger partial charge is 0.355 e. The van der Waals surface area contributed by atoms with Gasteiger partial charge in [-0.25, -0.2) is 4.98 Å². The molecule has 0 saturated heterocycles. The maximum atomic E-state index is 5.95. The number of rotatable bonds is 7. The van der Waals surface area contributed by atoms with Crippen LogP contribution in [0.2, 0.25) is 4.34 Å². The lowest BCUT2D eigenvalue weighted by atomic mass is 10.2. The van der Waals surface area contributed by atoms with E-state index in [-0.39, 0.29) is 0 Å². The standard InChI is InChI=1S/C15H20ClN3S/c1-3-8-17-9-12-4-7-15(18-10-12)19(2)11-13-5-6-14(16)20-13/h4-7,10,17H,3,8-9,11H2,1-2H3. The molecule has 108 valence electrons. The Morgan fingerprint density at radius 1 is 1.30 bits per heavy atom. The van der Waals surface area contributed by atoms with Crippen LogP contribution in [0.25, 0.3) is 0 Å². The van der Waals surface area contributed by atoms with Gasteiger partial charge < -0.3 is 10.2 Å². The van der Waals surface area contributed by atoms with Gasteiger partial charge in [-0.05, 0) is 36.7 Å². The fourth-order valence-corrected chi connectivity index (χ4v) is 3.05. The summed E-state index contributed by atoms with van der Waals surface area (Å²) in [7, 11) is 2.05. The molecule has 0 atom stereocenters. The van der Waals surface area contributed by atoms with Crippen LogP contribution in [0, 0.1) is 0 Å². The van der Waals surface area contributed by atoms with Crippen molar-refractivity contribution in [1.82, 2.24) is 10.3 Å². The molecule has 0 fully saturated rings. The molecule has 20 heavy (non-hydrogen) atoms. The maximum Gasteiger partial charge on any atom is 0.128 e. The molecule has 1 N–H and O–H groups in total. The minimum absolute atomic E-state index is 0.831. The Balaban J connectivity index is 1.91. The van der Waals surface area contributed by atoms with E-state index in [4.69, 9.17) is 11.6 Å². The van der Waals surface area contributed by atoms with Crippen molar-refractivity contribution in [2.24, 2.45) is 0 Å². The molecule has 0 spiro atoms. The first-order valence-corrected chi connectivity index (χ1v) is 7.99. The van der Waals surface area contributed by atoms with Crippen LogP contribution in [0.15, 0.2) is 30.5 Å². The van der Waals surface area contributed by atoms with Gasteiger partial charge in [0, 0.05) is 24.7 Å². The molecule has 3 nitrogen and oxygen atoms in total. The van der Waals surface area contributed by atoms with Crippen LogP contribution in [0.4, 0.5) is 5.82 Å². The van der Waals surface area contributed by atoms with Crippen molar-refractivity contribution >= 4 is 28.8 Å². The van der Waals surface area contributed by atoms with Crippen LogP contribution in [0.3, 0.4) is 0 Å². The van der Waals surface area contributed by atoms with E-state index in [1.807, 2.05) is 19.3 Å². The SMILES string of the molecule is CCCNCc1ccc(N(C)Cc2ccc(Cl)s2)nc1. The minimum Gasteiger partial charge on any atom is -0.355 e. The van der Waals surface area contributed by atoms with Gasteiger partial charge in [0.2, 0.25) is 0 Å². The number of halogens is 1. The van der Waals surface area contributed by atoms with Gasteiger partial charge in [0.15, 0.2) is 0 Å². The van der Waals surface area contributed by atoms with Gasteiger partial charge in [-0.3, -0.25) is 0 Å². The van der Waals surface area contributed by atoms with Crippen molar-refractivity contribution in [2.75, 3.05) is 18.5 Å². The van der Waals surface area contributed by atoms with E-state index in [0.29, 0.717) is 0 Å². The lowest BCUT2D eigenvalue weighted by Crippen LogP contribution is -2.17. The topological polar surface area (TPSA) is 28.2 Å². The summed E-state index contributed by atoms with van der Waals surface area (Å²) in [4.78, 5) is 7.89. The van der Waals surface area contributed by atoms with E-state index in [1.54, 1.807) is 11.3 Å². The van der Waals surface area contributed by atoms with Crippen molar-refractivity contribution in [1.29, 1.82) is 0 Å². The number of thiophene rings is 1. The minimum atomic E-state index is 0.831. The maximum absolute atomic E-state index is 5.95. The quantitative estimate of drug-likeness (QED) is 0.785. The highest BCUT2D eigenvalue weighted by atomic mass is 35.5. The highest BCUT2D eigenvalue weighted by Gasteiger charge is 2.05. The smallest absolute Gasteiger partial charge is 0.128 e. The predicted octanol–water partition coefficient (Wildman–Crippen LogP) is 3.93. The van der Waals surface area contributed by atoms with Crippen LogP contribution in [-0.2, 0) is 13.1 Å². The Labute approximate surface area is 129 Å². The van der Waals surface area contributed by atoms with Crippen LogP contribution in [0.1, 0.15) is 23.8 Å². The van der Waals surface area contributed by atoms with Crippen LogP contribution >= 0.6 is 22.9 Å². The van der Waals surface area contributed by atoms with E-state index >= 15 is 0 Å². The molecule has 2 aromatic rings. The molecule has 0 aliphatic rings. The third-order valence-electron chi connectivity index (χ3n) is 2.98. The van der Waals surface area contributed by atoms with Gasteiger partial charge in [-0.1, -0.05) is 24.6 Å². The lowest BCUT2D eigenvalue weighted by molar-refractivity contribution is 0.674. The molecule has 0 aromatic carbocycles. The van der Waals surface area contributed by atoms with Crippen molar-refractivity contribution < 1.29 is 0 Å². The fourth-order valence-electron chi connectivity index (χ4n) is 1.91. The summed E-state index contributed by atoms with van der Waals surface area (Å²) in [5, 5.41) is 3.38. The van der Waals surface area contributed by atoms with Crippen LogP contribution < -0.4 is 10.2 Å². The molecule has 0 saturated carbocycles. The summed E-state index contributed by atoms with van der Waals surface area (Å²) < 4.78 is 0.832. The normalized spacial score (nSPS) is 10.8. The zero-order valence-electron chi connectivity index (χ0n) is 11.9. The van der Waals surface area contributed by atoms with E-state index < -0.39 is 0 Å². The third-order valence-corrected chi connectivity index (χ3v) is 4.19. The molecule has 0 aliphatic heterocycles. The third kappa shape index (κ3) is 4.47. The fraction of sp³-hybridized carbons (Fsp3) is 0.400. The lowest BCUT2D eigenvalue weighted by Gasteiger charge is -2.17. The average Bonchev–Trinajstić information content (AvgIpc) is 2.85. The number of hydrogen-bond acceptors (Lipinski definition) is 4. The molecule has 0 aliphatic carbocycles. The van der Waals surface area contributed by atoms with Crippen molar-refractivity contribution in [2.45, 2.75) is 26.4 Å². The van der Waals surface area contributed by atoms with Gasteiger partial charge in [-0.15, -0.1) is 11.3 Å². The second-order valence-corrected chi connectivity index (χ2v) is 6.56. The number of nitrogens with one attached hydrogen (secondary N) is 1. The molecule has 0 unspecified atom stereocenters. The molecular formula is C15H20ClN3S. The zero-order chi connectivity index (χ0) is 14.4. The number of hydrogen-bond donors (Lipinski definition) is 1. The second-order valence-electron chi connectivity index (χ2n) is 4.76. The Hall–Kier alpha value is -1.10. The van der Waals surface area contributed by atoms with Crippen molar-refractivity contribution in [3.05, 3.63) is 45.2 Å². The summed E-state index contributed by atoms with van der Waals surface area (Å²) in [5.41, 5.74) is 1.22. The Kier molecular flexibility index (Phi) is 5.83. The first kappa shape index (κ1) is 15.3. The summed E-state index contributed by atoms with van der Waals surface area (Å²) in [5.74, 6) is 0.980. The zero-order valence-corrected chi connectivity index (χ0v) is 13.5. The summed E-state index contributed by atoms with van der Waals surface area (Å²) >= 11 is 7.56. The first-order chi connectivity index (χ1) is 9.69. The Morgan fingerprint density at radius 3 is 2.75 bits per heavy atom. The number of pyridine rings is 1. The summed E-state index contributed by atoms with van der Waals surface area (Å²) in [6.45, 7) is 4.92. The molecule has 0 amide bonds. The summed E-state index contributed by atoms with van der Waals surface area (Å²) in [6, 6.07) is 8.19. The average molecular weight is 310 g/mol. The van der Waals surface area contributed by atoms with E-state index in [2.05, 4.69) is 40.3 Å². The molecule has 0 bridgehead atoms. The van der Waals surface area contributed by atoms with Gasteiger partial charge in [0.1, 0.15) is 5.82 Å². The summed E-state index contributed by atoms with van der Waals surface area (Å²) in [6.07, 6.45) is 3.09. The highest BCUT2D eigenvalue weighted by Crippen LogP contribution is 2.23. The van der Waals surface area contributed by atoms with Crippen LogP contribution in [0.5, 0.6) is 0 Å². The molecule has 5 heteroatoms. The van der Waals surface area contributed by atoms with E-state index in [0.717, 1.165) is 36.2 Å². The van der Waals surface area contributed by atoms with Gasteiger partial charge in [0.05, 0.1) is 10.9 Å². The predicted molar refractivity (Wildman–Crippen MR) is 87.7 cm³/mol. The van der Waals surface area contributed by atoms with Crippen LogP contribution in [-0.4, -0.2) is 18.6 Å². The molecular weight excluding hydrogens is 290 g/mol. The Morgan fingerprint density at radius 2 is 2.15 bits per heavy atom. The molecule has 2 heterocycles. The number of aromatic nitrogens is 1. The van der Waals surface area contributed by atoms with Gasteiger partial charge in [0.25, 0.3) is 0 Å². The van der Waals surface area contributed by atoms with E-state index in [9.17, 15) is 0 Å². The van der Waals surface area contributed by atoms with E-state index in [1.165, 1.54) is 10.4 Å². The van der Waals surface area contributed by atoms with Gasteiger partial charge in [-0.2, -0.15) is 0 Å². The van der Waals surface area contributed by atoms with Crippen molar-refractivity contribution in [3.8, 4) is 0 Å². The number of nitrogens with zero attached hydrogens (tertiary/aromatic N) is 2. The monoisotopic (exact) mass is 309 g/mol. The molecule has 2 aromatic heterocycles. The first-order valence-electron chi connectivity index (χ1n) is 6.80. The molecule has 0 radical (unpaired) electrons. The number of anilines is 1. The highest BCUT2D eigenvalue weighted by molar-refractivity contribution is 7.16. The molecule has 2 rings (SSSR count). The van der Waals surface area contributed by atoms with Gasteiger partial charge >= 0.3 is 0 Å². The van der Waals surface area contributed by atoms with Crippen molar-refractivity contribution in [3.63, 3.8) is 0 Å². The Bertz CT molecular complexity index is 524.